The number of para-hydroxylation sites is 1. The zero-order chi connectivity index (χ0) is 21.4. The molecule has 0 bridgehead atoms. The Morgan fingerprint density at radius 1 is 1.03 bits per heavy atom. The summed E-state index contributed by atoms with van der Waals surface area (Å²) >= 11 is 0. The lowest BCUT2D eigenvalue weighted by molar-refractivity contribution is -0.123. The van der Waals surface area contributed by atoms with Crippen molar-refractivity contribution in [2.45, 2.75) is 19.4 Å². The molecular weight excluding hydrogens is 392 g/mol. The number of anilines is 1. The van der Waals surface area contributed by atoms with Crippen molar-refractivity contribution in [3.05, 3.63) is 67.1 Å². The van der Waals surface area contributed by atoms with Crippen molar-refractivity contribution in [1.82, 2.24) is 14.8 Å². The van der Waals surface area contributed by atoms with Crippen molar-refractivity contribution >= 4 is 22.5 Å². The molecule has 156 valence electrons. The number of amides is 1. The lowest BCUT2D eigenvalue weighted by atomic mass is 10.0. The molecule has 1 N–H and O–H groups in total. The van der Waals surface area contributed by atoms with Crippen molar-refractivity contribution in [2.24, 2.45) is 0 Å². The van der Waals surface area contributed by atoms with E-state index in [9.17, 15) is 4.79 Å². The van der Waals surface area contributed by atoms with Gasteiger partial charge in [-0.15, -0.1) is 0 Å². The molecule has 0 fully saturated rings. The van der Waals surface area contributed by atoms with Gasteiger partial charge in [-0.1, -0.05) is 24.3 Å². The second-order valence-electron chi connectivity index (χ2n) is 7.93. The van der Waals surface area contributed by atoms with Crippen molar-refractivity contribution < 1.29 is 14.3 Å². The number of nitrogens with one attached hydrogen (secondary N) is 1. The first-order valence-corrected chi connectivity index (χ1v) is 10.1. The van der Waals surface area contributed by atoms with Gasteiger partial charge in [-0.2, -0.15) is 5.10 Å². The van der Waals surface area contributed by atoms with Crippen molar-refractivity contribution in [2.75, 3.05) is 18.5 Å². The number of carbonyl (C=O) groups is 1. The third kappa shape index (κ3) is 3.48. The van der Waals surface area contributed by atoms with Gasteiger partial charge < -0.3 is 14.8 Å². The molecule has 1 amide bonds. The van der Waals surface area contributed by atoms with E-state index in [1.807, 2.05) is 68.6 Å². The molecule has 0 aliphatic carbocycles. The van der Waals surface area contributed by atoms with Gasteiger partial charge in [0.05, 0.1) is 17.4 Å². The number of benzene rings is 2. The fraction of sp³-hybridized carbons (Fsp3) is 0.208. The van der Waals surface area contributed by atoms with Crippen LogP contribution >= 0.6 is 0 Å². The van der Waals surface area contributed by atoms with Crippen molar-refractivity contribution in [1.29, 1.82) is 0 Å². The van der Waals surface area contributed by atoms with Crippen molar-refractivity contribution in [3.8, 4) is 22.6 Å². The van der Waals surface area contributed by atoms with E-state index in [4.69, 9.17) is 9.47 Å². The summed E-state index contributed by atoms with van der Waals surface area (Å²) in [5.74, 6) is 1.28. The first kappa shape index (κ1) is 19.1. The Balaban J connectivity index is 1.41. The van der Waals surface area contributed by atoms with E-state index in [0.29, 0.717) is 18.9 Å². The van der Waals surface area contributed by atoms with Crippen LogP contribution in [0.2, 0.25) is 0 Å². The number of pyridine rings is 1. The van der Waals surface area contributed by atoms with Crippen LogP contribution in [0.5, 0.6) is 11.5 Å². The van der Waals surface area contributed by atoms with Gasteiger partial charge in [-0.05, 0) is 43.7 Å². The predicted octanol–water partition coefficient (Wildman–Crippen LogP) is 4.24. The minimum atomic E-state index is -0.914. The molecule has 0 spiro atoms. The zero-order valence-electron chi connectivity index (χ0n) is 17.3. The molecule has 7 nitrogen and oxygen atoms in total. The quantitative estimate of drug-likeness (QED) is 0.540. The second-order valence-corrected chi connectivity index (χ2v) is 7.93. The van der Waals surface area contributed by atoms with E-state index in [1.54, 1.807) is 17.1 Å². The smallest absolute Gasteiger partial charge is 0.251 e. The van der Waals surface area contributed by atoms with Crippen LogP contribution in [0.3, 0.4) is 0 Å². The summed E-state index contributed by atoms with van der Waals surface area (Å²) in [6.45, 7) is 4.76. The van der Waals surface area contributed by atoms with Crippen LogP contribution in [0.15, 0.2) is 67.1 Å². The molecule has 0 saturated heterocycles. The van der Waals surface area contributed by atoms with Gasteiger partial charge in [-0.25, -0.2) is 0 Å². The van der Waals surface area contributed by atoms with Crippen LogP contribution < -0.4 is 14.8 Å². The van der Waals surface area contributed by atoms with Gasteiger partial charge in [0.25, 0.3) is 5.91 Å². The van der Waals surface area contributed by atoms with E-state index in [-0.39, 0.29) is 5.91 Å². The third-order valence-electron chi connectivity index (χ3n) is 5.47. The van der Waals surface area contributed by atoms with Crippen LogP contribution in [0.1, 0.15) is 13.8 Å². The third-order valence-corrected chi connectivity index (χ3v) is 5.47. The van der Waals surface area contributed by atoms with Crippen molar-refractivity contribution in [3.63, 3.8) is 0 Å². The van der Waals surface area contributed by atoms with E-state index >= 15 is 0 Å². The zero-order valence-corrected chi connectivity index (χ0v) is 17.3. The topological polar surface area (TPSA) is 78.3 Å². The normalized spacial score (nSPS) is 13.2. The first-order chi connectivity index (χ1) is 15.0. The summed E-state index contributed by atoms with van der Waals surface area (Å²) in [5.41, 5.74) is 2.36. The number of ether oxygens (including phenoxy) is 2. The molecule has 2 aromatic carbocycles. The number of hydrogen-bond acceptors (Lipinski definition) is 5. The Hall–Kier alpha value is -3.87. The molecule has 0 unspecified atom stereocenters. The highest BCUT2D eigenvalue weighted by molar-refractivity contribution is 6.02. The molecule has 1 aliphatic rings. The Morgan fingerprint density at radius 2 is 1.84 bits per heavy atom. The molecule has 1 aliphatic heterocycles. The SMILES string of the molecule is CC(C)(C(=O)Nc1cccc2cccnc12)n1cc(-c2ccc3c(c2)OCCO3)cn1. The second kappa shape index (κ2) is 7.43. The minimum Gasteiger partial charge on any atom is -0.486 e. The Morgan fingerprint density at radius 3 is 2.71 bits per heavy atom. The highest BCUT2D eigenvalue weighted by atomic mass is 16.6. The maximum Gasteiger partial charge on any atom is 0.251 e. The fourth-order valence-corrected chi connectivity index (χ4v) is 3.58. The lowest BCUT2D eigenvalue weighted by Gasteiger charge is -2.24. The summed E-state index contributed by atoms with van der Waals surface area (Å²) in [6, 6.07) is 15.4. The van der Waals surface area contributed by atoms with Crippen LogP contribution in [0, 0.1) is 0 Å². The Labute approximate surface area is 179 Å². The largest absolute Gasteiger partial charge is 0.486 e. The summed E-state index contributed by atoms with van der Waals surface area (Å²) in [6.07, 6.45) is 5.34. The summed E-state index contributed by atoms with van der Waals surface area (Å²) in [4.78, 5) is 17.6. The Kier molecular flexibility index (Phi) is 4.58. The maximum atomic E-state index is 13.2. The maximum absolute atomic E-state index is 13.2. The minimum absolute atomic E-state index is 0.178. The predicted molar refractivity (Wildman–Crippen MR) is 118 cm³/mol. The number of fused-ring (bicyclic) bond motifs is 2. The molecule has 4 aromatic rings. The lowest BCUT2D eigenvalue weighted by Crippen LogP contribution is -2.40. The van der Waals surface area contributed by atoms with Gasteiger partial charge in [0.2, 0.25) is 0 Å². The first-order valence-electron chi connectivity index (χ1n) is 10.1. The molecule has 0 radical (unpaired) electrons. The summed E-state index contributed by atoms with van der Waals surface area (Å²) < 4.78 is 12.9. The molecule has 3 heterocycles. The average Bonchev–Trinajstić information content (AvgIpc) is 3.30. The summed E-state index contributed by atoms with van der Waals surface area (Å²) in [7, 11) is 0. The molecule has 0 atom stereocenters. The van der Waals surface area contributed by atoms with E-state index in [1.165, 1.54) is 0 Å². The van der Waals surface area contributed by atoms with E-state index in [0.717, 1.165) is 33.5 Å². The number of aromatic nitrogens is 3. The van der Waals surface area contributed by atoms with E-state index in [2.05, 4.69) is 15.4 Å². The monoisotopic (exact) mass is 414 g/mol. The molecule has 5 rings (SSSR count). The van der Waals surface area contributed by atoms with Crippen LogP contribution in [0.4, 0.5) is 5.69 Å². The van der Waals surface area contributed by atoms with Gasteiger partial charge in [-0.3, -0.25) is 14.5 Å². The number of rotatable bonds is 4. The van der Waals surface area contributed by atoms with Crippen LogP contribution in [-0.2, 0) is 10.3 Å². The molecule has 7 heteroatoms. The molecule has 31 heavy (non-hydrogen) atoms. The van der Waals surface area contributed by atoms with E-state index < -0.39 is 5.54 Å². The number of nitrogens with zero attached hydrogens (tertiary/aromatic N) is 3. The fourth-order valence-electron chi connectivity index (χ4n) is 3.58. The van der Waals surface area contributed by atoms with Gasteiger partial charge in [0, 0.05) is 23.3 Å². The van der Waals surface area contributed by atoms with Gasteiger partial charge >= 0.3 is 0 Å². The molecule has 2 aromatic heterocycles. The van der Waals surface area contributed by atoms with Gasteiger partial charge in [0.15, 0.2) is 11.5 Å². The van der Waals surface area contributed by atoms with Crippen LogP contribution in [0.25, 0.3) is 22.0 Å². The number of carbonyl (C=O) groups excluding carboxylic acids is 1. The van der Waals surface area contributed by atoms with Gasteiger partial charge in [0.1, 0.15) is 18.8 Å². The highest BCUT2D eigenvalue weighted by Gasteiger charge is 2.31. The molecular formula is C24H22N4O3. The molecule has 0 saturated carbocycles. The number of hydrogen-bond donors (Lipinski definition) is 1. The summed E-state index contributed by atoms with van der Waals surface area (Å²) in [5, 5.41) is 8.45. The average molecular weight is 414 g/mol. The standard InChI is InChI=1S/C24H22N4O3/c1-24(2,23(29)27-19-7-3-5-16-6-4-10-25-22(16)19)28-15-18(14-26-28)17-8-9-20-21(13-17)31-12-11-30-20/h3-10,13-15H,11-12H2,1-2H3,(H,27,29). The Bertz CT molecular complexity index is 1270. The highest BCUT2D eigenvalue weighted by Crippen LogP contribution is 2.35. The van der Waals surface area contributed by atoms with Crippen LogP contribution in [-0.4, -0.2) is 33.9 Å².